The summed E-state index contributed by atoms with van der Waals surface area (Å²) in [5, 5.41) is 25.1. The molecular formula is C21H20N4O6. The maximum absolute atomic E-state index is 12.7. The number of benzene rings is 2. The van der Waals surface area contributed by atoms with Crippen molar-refractivity contribution in [1.29, 1.82) is 5.26 Å². The topological polar surface area (TPSA) is 158 Å². The van der Waals surface area contributed by atoms with Gasteiger partial charge in [0.1, 0.15) is 6.04 Å². The number of hydrogen-bond acceptors (Lipinski definition) is 6. The van der Waals surface area contributed by atoms with E-state index in [-0.39, 0.29) is 0 Å². The molecule has 0 spiro atoms. The van der Waals surface area contributed by atoms with Gasteiger partial charge < -0.3 is 25.8 Å². The highest BCUT2D eigenvalue weighted by Crippen LogP contribution is 2.15. The maximum Gasteiger partial charge on any atom is 0.333 e. The van der Waals surface area contributed by atoms with E-state index >= 15 is 0 Å². The van der Waals surface area contributed by atoms with Gasteiger partial charge in [-0.1, -0.05) is 30.3 Å². The summed E-state index contributed by atoms with van der Waals surface area (Å²) in [6.45, 7) is 0. The number of hydrogen-bond donors (Lipinski definition) is 4. The Labute approximate surface area is 177 Å². The number of amides is 3. The zero-order valence-electron chi connectivity index (χ0n) is 16.5. The molecule has 0 bridgehead atoms. The number of nitrogens with one attached hydrogen (secondary N) is 3. The van der Waals surface area contributed by atoms with Gasteiger partial charge in [0.05, 0.1) is 25.2 Å². The normalized spacial score (nSPS) is 11.9. The van der Waals surface area contributed by atoms with Gasteiger partial charge >= 0.3 is 18.0 Å². The van der Waals surface area contributed by atoms with Crippen LogP contribution in [-0.4, -0.2) is 42.1 Å². The number of methoxy groups -OCH3 is 1. The van der Waals surface area contributed by atoms with Crippen LogP contribution in [0.15, 0.2) is 54.6 Å². The quantitative estimate of drug-likeness (QED) is 0.468. The first-order valence-electron chi connectivity index (χ1n) is 9.06. The minimum Gasteiger partial charge on any atom is -0.481 e. The van der Waals surface area contributed by atoms with Crippen LogP contribution in [0.5, 0.6) is 0 Å². The lowest BCUT2D eigenvalue weighted by atomic mass is 10.1. The Bertz CT molecular complexity index is 985. The molecule has 0 fully saturated rings. The van der Waals surface area contributed by atoms with Crippen molar-refractivity contribution in [2.75, 3.05) is 12.4 Å². The summed E-state index contributed by atoms with van der Waals surface area (Å²) in [5.41, 5.74) is 1.16. The van der Waals surface area contributed by atoms with Gasteiger partial charge in [0.15, 0.2) is 6.04 Å². The van der Waals surface area contributed by atoms with E-state index < -0.39 is 42.4 Å². The Morgan fingerprint density at radius 2 is 1.68 bits per heavy atom. The zero-order valence-corrected chi connectivity index (χ0v) is 16.5. The van der Waals surface area contributed by atoms with Crippen LogP contribution in [0.3, 0.4) is 0 Å². The fourth-order valence-electron chi connectivity index (χ4n) is 2.62. The molecule has 0 aliphatic rings. The second-order valence-corrected chi connectivity index (χ2v) is 6.31. The van der Waals surface area contributed by atoms with Crippen LogP contribution in [0.2, 0.25) is 0 Å². The van der Waals surface area contributed by atoms with Gasteiger partial charge in [-0.05, 0) is 29.8 Å². The van der Waals surface area contributed by atoms with Crippen molar-refractivity contribution in [3.63, 3.8) is 0 Å². The van der Waals surface area contributed by atoms with E-state index in [1.54, 1.807) is 30.3 Å². The molecule has 0 saturated carbocycles. The lowest BCUT2D eigenvalue weighted by Gasteiger charge is -2.21. The molecule has 0 heterocycles. The summed E-state index contributed by atoms with van der Waals surface area (Å²) in [5.74, 6) is -2.96. The van der Waals surface area contributed by atoms with E-state index in [4.69, 9.17) is 15.1 Å². The van der Waals surface area contributed by atoms with Crippen LogP contribution in [0.1, 0.15) is 23.6 Å². The van der Waals surface area contributed by atoms with Gasteiger partial charge in [-0.15, -0.1) is 0 Å². The summed E-state index contributed by atoms with van der Waals surface area (Å²) < 4.78 is 4.71. The molecule has 2 unspecified atom stereocenters. The summed E-state index contributed by atoms with van der Waals surface area (Å²) in [6, 6.07) is 12.6. The number of rotatable bonds is 8. The number of carboxylic acids is 1. The van der Waals surface area contributed by atoms with Crippen molar-refractivity contribution in [1.82, 2.24) is 10.6 Å². The second-order valence-electron chi connectivity index (χ2n) is 6.31. The monoisotopic (exact) mass is 424 g/mol. The molecule has 4 N–H and O–H groups in total. The molecule has 0 aromatic heterocycles. The number of ether oxygens (including phenoxy) is 1. The average molecular weight is 424 g/mol. The Kier molecular flexibility index (Phi) is 8.10. The lowest BCUT2D eigenvalue weighted by Crippen LogP contribution is -2.50. The number of esters is 1. The van der Waals surface area contributed by atoms with Crippen LogP contribution in [0.25, 0.3) is 0 Å². The Balaban J connectivity index is 2.12. The third-order valence-electron chi connectivity index (χ3n) is 4.13. The molecule has 10 nitrogen and oxygen atoms in total. The van der Waals surface area contributed by atoms with Gasteiger partial charge in [-0.25, -0.2) is 9.59 Å². The number of carbonyl (C=O) groups is 4. The smallest absolute Gasteiger partial charge is 0.333 e. The second kappa shape index (κ2) is 11.0. The number of anilines is 1. The number of nitrogens with zero attached hydrogens (tertiary/aromatic N) is 1. The minimum absolute atomic E-state index is 0.336. The molecule has 2 aromatic rings. The van der Waals surface area contributed by atoms with Gasteiger partial charge in [-0.2, -0.15) is 5.26 Å². The highest BCUT2D eigenvalue weighted by molar-refractivity contribution is 5.96. The summed E-state index contributed by atoms with van der Waals surface area (Å²) in [7, 11) is 1.16. The van der Waals surface area contributed by atoms with Crippen molar-refractivity contribution in [3.8, 4) is 6.07 Å². The standard InChI is InChI=1S/C21H20N4O6/c1-31-20(29)18(14-5-3-2-4-6-14)25-19(28)16(11-17(26)27)24-21(30)23-15-9-7-13(12-22)8-10-15/h2-10,16,18H,11H2,1H3,(H,25,28)(H,26,27)(H2,23,24,30). The number of carbonyl (C=O) groups excluding carboxylic acids is 3. The van der Waals surface area contributed by atoms with Gasteiger partial charge in [-0.3, -0.25) is 9.59 Å². The largest absolute Gasteiger partial charge is 0.481 e. The SMILES string of the molecule is COC(=O)C(NC(=O)C(CC(=O)O)NC(=O)Nc1ccc(C#N)cc1)c1ccccc1. The molecule has 0 aliphatic carbocycles. The molecule has 160 valence electrons. The van der Waals surface area contributed by atoms with Crippen molar-refractivity contribution in [2.45, 2.75) is 18.5 Å². The Morgan fingerprint density at radius 1 is 1.03 bits per heavy atom. The molecule has 0 saturated heterocycles. The predicted octanol–water partition coefficient (Wildman–Crippen LogP) is 1.55. The van der Waals surface area contributed by atoms with Crippen LogP contribution < -0.4 is 16.0 Å². The maximum atomic E-state index is 12.7. The highest BCUT2D eigenvalue weighted by Gasteiger charge is 2.29. The van der Waals surface area contributed by atoms with Crippen molar-refractivity contribution < 1.29 is 29.0 Å². The van der Waals surface area contributed by atoms with Crippen molar-refractivity contribution in [3.05, 3.63) is 65.7 Å². The van der Waals surface area contributed by atoms with Crippen molar-refractivity contribution in [2.24, 2.45) is 0 Å². The van der Waals surface area contributed by atoms with Crippen molar-refractivity contribution >= 4 is 29.6 Å². The number of carboxylic acid groups (broad SMARTS) is 1. The van der Waals surface area contributed by atoms with Gasteiger partial charge in [0.25, 0.3) is 0 Å². The van der Waals surface area contributed by atoms with Crippen LogP contribution in [-0.2, 0) is 19.1 Å². The van der Waals surface area contributed by atoms with E-state index in [1.807, 2.05) is 6.07 Å². The molecule has 10 heteroatoms. The summed E-state index contributed by atoms with van der Waals surface area (Å²) in [6.07, 6.45) is -0.713. The van der Waals surface area contributed by atoms with Crippen LogP contribution in [0.4, 0.5) is 10.5 Å². The van der Waals surface area contributed by atoms with Crippen LogP contribution in [0, 0.1) is 11.3 Å². The molecule has 0 radical (unpaired) electrons. The van der Waals surface area contributed by atoms with Gasteiger partial charge in [0, 0.05) is 5.69 Å². The van der Waals surface area contributed by atoms with E-state index in [9.17, 15) is 19.2 Å². The molecule has 31 heavy (non-hydrogen) atoms. The third kappa shape index (κ3) is 6.86. The molecule has 2 aromatic carbocycles. The Hall–Kier alpha value is -4.39. The van der Waals surface area contributed by atoms with E-state index in [1.165, 1.54) is 24.3 Å². The summed E-state index contributed by atoms with van der Waals surface area (Å²) >= 11 is 0. The van der Waals surface area contributed by atoms with E-state index in [2.05, 4.69) is 16.0 Å². The minimum atomic E-state index is -1.47. The summed E-state index contributed by atoms with van der Waals surface area (Å²) in [4.78, 5) is 48.3. The first-order valence-corrected chi connectivity index (χ1v) is 9.06. The number of aliphatic carboxylic acids is 1. The molecular weight excluding hydrogens is 404 g/mol. The fraction of sp³-hybridized carbons (Fsp3) is 0.190. The first kappa shape index (κ1) is 22.9. The zero-order chi connectivity index (χ0) is 22.8. The lowest BCUT2D eigenvalue weighted by molar-refractivity contribution is -0.145. The fourth-order valence-corrected chi connectivity index (χ4v) is 2.62. The molecule has 3 amide bonds. The van der Waals surface area contributed by atoms with Crippen LogP contribution >= 0.6 is 0 Å². The highest BCUT2D eigenvalue weighted by atomic mass is 16.5. The third-order valence-corrected chi connectivity index (χ3v) is 4.13. The number of urea groups is 1. The number of nitriles is 1. The van der Waals surface area contributed by atoms with E-state index in [0.717, 1.165) is 7.11 Å². The average Bonchev–Trinajstić information content (AvgIpc) is 2.77. The molecule has 2 atom stereocenters. The molecule has 2 rings (SSSR count). The molecule has 0 aliphatic heterocycles. The van der Waals surface area contributed by atoms with Gasteiger partial charge in [0.2, 0.25) is 5.91 Å². The predicted molar refractivity (Wildman–Crippen MR) is 109 cm³/mol. The van der Waals surface area contributed by atoms with E-state index in [0.29, 0.717) is 16.8 Å². The Morgan fingerprint density at radius 3 is 2.23 bits per heavy atom. The first-order chi connectivity index (χ1) is 14.8.